The summed E-state index contributed by atoms with van der Waals surface area (Å²) in [7, 11) is 1.88. The Balaban J connectivity index is 0.00000261. The molecule has 3 atom stereocenters. The molecule has 3 fully saturated rings. The highest BCUT2D eigenvalue weighted by atomic mass is 127. The fourth-order valence-corrected chi connectivity index (χ4v) is 5.01. The first kappa shape index (κ1) is 23.2. The fraction of sp³-hybridized carbons (Fsp3) is 0.950. The van der Waals surface area contributed by atoms with E-state index in [1.807, 2.05) is 7.05 Å². The van der Waals surface area contributed by atoms with E-state index in [0.29, 0.717) is 23.5 Å². The Morgan fingerprint density at radius 3 is 2.63 bits per heavy atom. The van der Waals surface area contributed by atoms with Crippen molar-refractivity contribution in [2.45, 2.75) is 58.1 Å². The molecule has 1 heterocycles. The highest BCUT2D eigenvalue weighted by Crippen LogP contribution is 2.54. The van der Waals surface area contributed by atoms with E-state index in [0.717, 1.165) is 58.4 Å². The van der Waals surface area contributed by atoms with Gasteiger partial charge >= 0.3 is 0 Å². The predicted octanol–water partition coefficient (Wildman–Crippen LogP) is 2.48. The minimum atomic E-state index is 0. The van der Waals surface area contributed by atoms with Crippen LogP contribution in [0.3, 0.4) is 0 Å². The quantitative estimate of drug-likeness (QED) is 0.324. The third-order valence-corrected chi connectivity index (χ3v) is 6.51. The molecule has 0 amide bonds. The molecule has 1 spiro atoms. The molecule has 2 aliphatic carbocycles. The smallest absolute Gasteiger partial charge is 0.191 e. The number of nitrogens with one attached hydrogen (secondary N) is 2. The highest BCUT2D eigenvalue weighted by molar-refractivity contribution is 14.0. The summed E-state index contributed by atoms with van der Waals surface area (Å²) in [6.45, 7) is 11.2. The van der Waals surface area contributed by atoms with Gasteiger partial charge in [0.05, 0.1) is 19.3 Å². The first-order valence-electron chi connectivity index (χ1n) is 10.6. The van der Waals surface area contributed by atoms with Gasteiger partial charge in [0.25, 0.3) is 0 Å². The Labute approximate surface area is 182 Å². The Hall–Kier alpha value is -0.120. The van der Waals surface area contributed by atoms with Crippen molar-refractivity contribution in [1.29, 1.82) is 0 Å². The molecule has 158 valence electrons. The third-order valence-electron chi connectivity index (χ3n) is 6.51. The van der Waals surface area contributed by atoms with E-state index in [-0.39, 0.29) is 24.0 Å². The van der Waals surface area contributed by atoms with Gasteiger partial charge in [-0.15, -0.1) is 24.0 Å². The standard InChI is InChI=1S/C20H38N4O2.HI/c1-4-26-18-13-17(20(18)7-5-6-8-20)23-19(21-3)22-14-16(2)15-24-9-11-25-12-10-24;/h16-18H,4-15H2,1-3H3,(H2,21,22,23);1H. The fourth-order valence-electron chi connectivity index (χ4n) is 5.01. The van der Waals surface area contributed by atoms with Gasteiger partial charge in [0.1, 0.15) is 0 Å². The average Bonchev–Trinajstić information content (AvgIpc) is 3.17. The van der Waals surface area contributed by atoms with Crippen molar-refractivity contribution in [3.8, 4) is 0 Å². The Morgan fingerprint density at radius 2 is 2.00 bits per heavy atom. The second-order valence-corrected chi connectivity index (χ2v) is 8.29. The summed E-state index contributed by atoms with van der Waals surface area (Å²) in [4.78, 5) is 6.97. The first-order valence-corrected chi connectivity index (χ1v) is 10.6. The predicted molar refractivity (Wildman–Crippen MR) is 121 cm³/mol. The van der Waals surface area contributed by atoms with Crippen LogP contribution in [0.2, 0.25) is 0 Å². The molecule has 2 saturated carbocycles. The zero-order valence-corrected chi connectivity index (χ0v) is 19.7. The summed E-state index contributed by atoms with van der Waals surface area (Å²) < 4.78 is 11.5. The molecule has 0 radical (unpaired) electrons. The van der Waals surface area contributed by atoms with E-state index in [4.69, 9.17) is 9.47 Å². The number of morpholine rings is 1. The maximum Gasteiger partial charge on any atom is 0.191 e. The molecule has 7 heteroatoms. The van der Waals surface area contributed by atoms with Crippen LogP contribution < -0.4 is 10.6 Å². The molecule has 3 unspecified atom stereocenters. The summed E-state index contributed by atoms with van der Waals surface area (Å²) in [6.07, 6.45) is 6.80. The van der Waals surface area contributed by atoms with Gasteiger partial charge in [-0.1, -0.05) is 19.8 Å². The van der Waals surface area contributed by atoms with Crippen molar-refractivity contribution < 1.29 is 9.47 Å². The normalized spacial score (nSPS) is 29.1. The summed E-state index contributed by atoms with van der Waals surface area (Å²) in [5.41, 5.74) is 0.340. The molecule has 0 bridgehead atoms. The number of guanidine groups is 1. The number of aliphatic imine (C=N–C) groups is 1. The van der Waals surface area contributed by atoms with Crippen molar-refractivity contribution in [2.75, 3.05) is 53.0 Å². The number of halogens is 1. The van der Waals surface area contributed by atoms with E-state index >= 15 is 0 Å². The van der Waals surface area contributed by atoms with E-state index in [1.165, 1.54) is 25.7 Å². The number of rotatable bonds is 7. The maximum atomic E-state index is 6.03. The first-order chi connectivity index (χ1) is 12.7. The summed E-state index contributed by atoms with van der Waals surface area (Å²) in [6, 6.07) is 0.502. The Kier molecular flexibility index (Phi) is 9.58. The molecule has 0 aromatic rings. The SMILES string of the molecule is CCOC1CC(NC(=NC)NCC(C)CN2CCOCC2)C12CCCC2.I. The lowest BCUT2D eigenvalue weighted by Gasteiger charge is -2.54. The zero-order valence-electron chi connectivity index (χ0n) is 17.3. The van der Waals surface area contributed by atoms with Crippen molar-refractivity contribution >= 4 is 29.9 Å². The molecule has 6 nitrogen and oxygen atoms in total. The van der Waals surface area contributed by atoms with E-state index in [2.05, 4.69) is 34.4 Å². The monoisotopic (exact) mass is 494 g/mol. The van der Waals surface area contributed by atoms with Gasteiger partial charge in [-0.3, -0.25) is 9.89 Å². The van der Waals surface area contributed by atoms with Crippen LogP contribution in [-0.4, -0.2) is 76.1 Å². The number of hydrogen-bond donors (Lipinski definition) is 2. The third kappa shape index (κ3) is 5.70. The second-order valence-electron chi connectivity index (χ2n) is 8.29. The van der Waals surface area contributed by atoms with Crippen molar-refractivity contribution in [2.24, 2.45) is 16.3 Å². The zero-order chi connectivity index (χ0) is 18.4. The van der Waals surface area contributed by atoms with Crippen LogP contribution in [0, 0.1) is 11.3 Å². The molecule has 0 aromatic heterocycles. The Bertz CT molecular complexity index is 465. The van der Waals surface area contributed by atoms with Crippen molar-refractivity contribution in [1.82, 2.24) is 15.5 Å². The number of nitrogens with zero attached hydrogens (tertiary/aromatic N) is 2. The van der Waals surface area contributed by atoms with Crippen LogP contribution in [0.25, 0.3) is 0 Å². The summed E-state index contributed by atoms with van der Waals surface area (Å²) in [5.74, 6) is 1.54. The van der Waals surface area contributed by atoms with Crippen LogP contribution in [0.4, 0.5) is 0 Å². The van der Waals surface area contributed by atoms with Gasteiger partial charge in [-0.2, -0.15) is 0 Å². The largest absolute Gasteiger partial charge is 0.379 e. The maximum absolute atomic E-state index is 6.03. The lowest BCUT2D eigenvalue weighted by molar-refractivity contribution is -0.125. The van der Waals surface area contributed by atoms with Gasteiger partial charge in [0.15, 0.2) is 5.96 Å². The van der Waals surface area contributed by atoms with E-state index in [9.17, 15) is 0 Å². The number of hydrogen-bond acceptors (Lipinski definition) is 4. The van der Waals surface area contributed by atoms with Gasteiger partial charge < -0.3 is 20.1 Å². The van der Waals surface area contributed by atoms with Gasteiger partial charge in [0, 0.05) is 51.3 Å². The van der Waals surface area contributed by atoms with Gasteiger partial charge in [-0.25, -0.2) is 0 Å². The topological polar surface area (TPSA) is 58.1 Å². The summed E-state index contributed by atoms with van der Waals surface area (Å²) in [5, 5.41) is 7.26. The van der Waals surface area contributed by atoms with Gasteiger partial charge in [0.2, 0.25) is 0 Å². The van der Waals surface area contributed by atoms with Crippen LogP contribution in [-0.2, 0) is 9.47 Å². The van der Waals surface area contributed by atoms with Crippen LogP contribution in [0.5, 0.6) is 0 Å². The molecule has 2 N–H and O–H groups in total. The summed E-state index contributed by atoms with van der Waals surface area (Å²) >= 11 is 0. The lowest BCUT2D eigenvalue weighted by Crippen LogP contribution is -2.65. The molecule has 27 heavy (non-hydrogen) atoms. The van der Waals surface area contributed by atoms with Crippen LogP contribution in [0.1, 0.15) is 46.0 Å². The van der Waals surface area contributed by atoms with E-state index < -0.39 is 0 Å². The minimum absolute atomic E-state index is 0. The van der Waals surface area contributed by atoms with Crippen molar-refractivity contribution in [3.63, 3.8) is 0 Å². The molecule has 3 rings (SSSR count). The molecule has 0 aromatic carbocycles. The second kappa shape index (κ2) is 11.2. The van der Waals surface area contributed by atoms with Crippen molar-refractivity contribution in [3.05, 3.63) is 0 Å². The minimum Gasteiger partial charge on any atom is -0.379 e. The molecule has 1 aliphatic heterocycles. The molecule has 1 saturated heterocycles. The molecular formula is C20H39IN4O2. The highest BCUT2D eigenvalue weighted by Gasteiger charge is 2.56. The molecule has 3 aliphatic rings. The average molecular weight is 494 g/mol. The van der Waals surface area contributed by atoms with Crippen LogP contribution in [0.15, 0.2) is 4.99 Å². The lowest BCUT2D eigenvalue weighted by atomic mass is 9.60. The molecular weight excluding hydrogens is 455 g/mol. The van der Waals surface area contributed by atoms with Gasteiger partial charge in [-0.05, 0) is 32.1 Å². The van der Waals surface area contributed by atoms with Crippen LogP contribution >= 0.6 is 24.0 Å². The van der Waals surface area contributed by atoms with E-state index in [1.54, 1.807) is 0 Å². The Morgan fingerprint density at radius 1 is 1.30 bits per heavy atom. The number of ether oxygens (including phenoxy) is 2.